The number of carbonyl (C=O) groups is 2. The van der Waals surface area contributed by atoms with Crippen molar-refractivity contribution >= 4 is 34.8 Å². The maximum atomic E-state index is 12.8. The van der Waals surface area contributed by atoms with Crippen LogP contribution in [-0.4, -0.2) is 48.0 Å². The fourth-order valence-corrected chi connectivity index (χ4v) is 4.50. The number of piperazine rings is 1. The summed E-state index contributed by atoms with van der Waals surface area (Å²) in [6.45, 7) is 2.35. The first kappa shape index (κ1) is 24.8. The minimum absolute atomic E-state index is 0.0119. The molecule has 1 aliphatic rings. The van der Waals surface area contributed by atoms with Crippen molar-refractivity contribution in [3.8, 4) is 0 Å². The van der Waals surface area contributed by atoms with E-state index in [9.17, 15) is 14.7 Å². The van der Waals surface area contributed by atoms with Crippen LogP contribution in [0.25, 0.3) is 0 Å². The SMILES string of the molecule is O=C(CCCc1ccccc1)Nc1ccc(N2CCN(C(=O)C(O)c3ccccc3Cl)CC2)cc1. The second-order valence-corrected chi connectivity index (χ2v) is 9.08. The van der Waals surface area contributed by atoms with Gasteiger partial charge in [0.1, 0.15) is 0 Å². The molecule has 3 aromatic rings. The van der Waals surface area contributed by atoms with Crippen LogP contribution in [0.4, 0.5) is 11.4 Å². The Kier molecular flexibility index (Phi) is 8.40. The molecule has 0 radical (unpaired) electrons. The largest absolute Gasteiger partial charge is 0.378 e. The van der Waals surface area contributed by atoms with E-state index in [1.165, 1.54) is 5.56 Å². The number of hydrogen-bond donors (Lipinski definition) is 2. The molecule has 1 unspecified atom stereocenters. The Bertz CT molecular complexity index is 1130. The fourth-order valence-electron chi connectivity index (χ4n) is 4.26. The first-order valence-corrected chi connectivity index (χ1v) is 12.3. The minimum atomic E-state index is -1.26. The van der Waals surface area contributed by atoms with Crippen LogP contribution in [0.15, 0.2) is 78.9 Å². The lowest BCUT2D eigenvalue weighted by atomic mass is 10.1. The third-order valence-corrected chi connectivity index (χ3v) is 6.60. The number of hydrogen-bond acceptors (Lipinski definition) is 4. The summed E-state index contributed by atoms with van der Waals surface area (Å²) in [7, 11) is 0. The number of benzene rings is 3. The molecule has 7 heteroatoms. The average Bonchev–Trinajstić information content (AvgIpc) is 2.89. The summed E-state index contributed by atoms with van der Waals surface area (Å²) in [5.41, 5.74) is 3.48. The number of halogens is 1. The van der Waals surface area contributed by atoms with Gasteiger partial charge >= 0.3 is 0 Å². The van der Waals surface area contributed by atoms with Gasteiger partial charge in [0.15, 0.2) is 6.10 Å². The Labute approximate surface area is 211 Å². The zero-order valence-electron chi connectivity index (χ0n) is 19.6. The number of nitrogens with one attached hydrogen (secondary N) is 1. The van der Waals surface area contributed by atoms with Crippen molar-refractivity contribution in [3.05, 3.63) is 95.0 Å². The van der Waals surface area contributed by atoms with Gasteiger partial charge < -0.3 is 20.2 Å². The van der Waals surface area contributed by atoms with Gasteiger partial charge in [-0.05, 0) is 48.7 Å². The van der Waals surface area contributed by atoms with E-state index in [1.54, 1.807) is 29.2 Å². The fraction of sp³-hybridized carbons (Fsp3) is 0.286. The van der Waals surface area contributed by atoms with Crippen molar-refractivity contribution in [2.75, 3.05) is 36.4 Å². The normalized spacial score (nSPS) is 14.5. The van der Waals surface area contributed by atoms with Crippen LogP contribution >= 0.6 is 11.6 Å². The predicted molar refractivity (Wildman–Crippen MR) is 140 cm³/mol. The molecule has 182 valence electrons. The molecule has 3 aromatic carbocycles. The Morgan fingerprint density at radius 3 is 2.23 bits per heavy atom. The number of rotatable bonds is 8. The topological polar surface area (TPSA) is 72.9 Å². The van der Waals surface area contributed by atoms with E-state index in [0.717, 1.165) is 24.2 Å². The lowest BCUT2D eigenvalue weighted by molar-refractivity contribution is -0.140. The van der Waals surface area contributed by atoms with E-state index in [1.807, 2.05) is 42.5 Å². The molecule has 6 nitrogen and oxygen atoms in total. The Hall–Kier alpha value is -3.35. The highest BCUT2D eigenvalue weighted by Crippen LogP contribution is 2.25. The quantitative estimate of drug-likeness (QED) is 0.479. The standard InChI is InChI=1S/C28H30ClN3O3/c29-25-11-5-4-10-24(25)27(34)28(35)32-19-17-31(18-20-32)23-15-13-22(14-16-23)30-26(33)12-6-9-21-7-2-1-3-8-21/h1-5,7-8,10-11,13-16,27,34H,6,9,12,17-20H2,(H,30,33). The van der Waals surface area contributed by atoms with E-state index in [-0.39, 0.29) is 11.8 Å². The van der Waals surface area contributed by atoms with Crippen LogP contribution in [0.1, 0.15) is 30.1 Å². The van der Waals surface area contributed by atoms with Gasteiger partial charge in [0.2, 0.25) is 5.91 Å². The molecule has 1 heterocycles. The van der Waals surface area contributed by atoms with Crippen LogP contribution < -0.4 is 10.2 Å². The Morgan fingerprint density at radius 1 is 0.886 bits per heavy atom. The number of nitrogens with zero attached hydrogens (tertiary/aromatic N) is 2. The van der Waals surface area contributed by atoms with Crippen molar-refractivity contribution in [1.82, 2.24) is 4.90 Å². The molecule has 0 aromatic heterocycles. The van der Waals surface area contributed by atoms with Gasteiger partial charge in [-0.25, -0.2) is 0 Å². The van der Waals surface area contributed by atoms with Crippen LogP contribution in [-0.2, 0) is 16.0 Å². The van der Waals surface area contributed by atoms with Gasteiger partial charge in [0.05, 0.1) is 0 Å². The van der Waals surface area contributed by atoms with Crippen LogP contribution in [0.5, 0.6) is 0 Å². The molecule has 1 saturated heterocycles. The van der Waals surface area contributed by atoms with Crippen molar-refractivity contribution in [2.45, 2.75) is 25.4 Å². The second kappa shape index (κ2) is 11.9. The number of carbonyl (C=O) groups excluding carboxylic acids is 2. The third kappa shape index (κ3) is 6.62. The molecule has 2 N–H and O–H groups in total. The molecule has 0 spiro atoms. The van der Waals surface area contributed by atoms with Crippen LogP contribution in [0.3, 0.4) is 0 Å². The van der Waals surface area contributed by atoms with E-state index in [2.05, 4.69) is 22.3 Å². The van der Waals surface area contributed by atoms with Crippen LogP contribution in [0.2, 0.25) is 5.02 Å². The minimum Gasteiger partial charge on any atom is -0.378 e. The van der Waals surface area contributed by atoms with Gasteiger partial charge in [-0.2, -0.15) is 0 Å². The molecule has 1 aliphatic heterocycles. The average molecular weight is 492 g/mol. The summed E-state index contributed by atoms with van der Waals surface area (Å²) in [6, 6.07) is 24.8. The lowest BCUT2D eigenvalue weighted by Gasteiger charge is -2.37. The summed E-state index contributed by atoms with van der Waals surface area (Å²) in [5, 5.41) is 13.8. The highest BCUT2D eigenvalue weighted by molar-refractivity contribution is 6.31. The summed E-state index contributed by atoms with van der Waals surface area (Å²) >= 11 is 6.13. The monoisotopic (exact) mass is 491 g/mol. The first-order valence-electron chi connectivity index (χ1n) is 11.9. The van der Waals surface area contributed by atoms with E-state index < -0.39 is 6.10 Å². The van der Waals surface area contributed by atoms with Crippen LogP contribution in [0, 0.1) is 0 Å². The molecule has 0 aliphatic carbocycles. The summed E-state index contributed by atoms with van der Waals surface area (Å²) in [6.07, 6.45) is 0.914. The van der Waals surface area contributed by atoms with E-state index in [0.29, 0.717) is 43.2 Å². The van der Waals surface area contributed by atoms with Crippen molar-refractivity contribution < 1.29 is 14.7 Å². The Morgan fingerprint density at radius 2 is 1.54 bits per heavy atom. The molecule has 4 rings (SSSR count). The molecule has 2 amide bonds. The zero-order chi connectivity index (χ0) is 24.6. The van der Waals surface area contributed by atoms with E-state index in [4.69, 9.17) is 11.6 Å². The van der Waals surface area contributed by atoms with Crippen molar-refractivity contribution in [2.24, 2.45) is 0 Å². The summed E-state index contributed by atoms with van der Waals surface area (Å²) in [5.74, 6) is -0.319. The van der Waals surface area contributed by atoms with E-state index >= 15 is 0 Å². The third-order valence-electron chi connectivity index (χ3n) is 6.25. The highest BCUT2D eigenvalue weighted by atomic mass is 35.5. The molecule has 35 heavy (non-hydrogen) atoms. The molecule has 1 fully saturated rings. The summed E-state index contributed by atoms with van der Waals surface area (Å²) in [4.78, 5) is 28.9. The van der Waals surface area contributed by atoms with Gasteiger partial charge in [0.25, 0.3) is 5.91 Å². The highest BCUT2D eigenvalue weighted by Gasteiger charge is 2.28. The molecule has 1 atom stereocenters. The number of anilines is 2. The first-order chi connectivity index (χ1) is 17.0. The number of amides is 2. The number of aliphatic hydroxyl groups is 1. The second-order valence-electron chi connectivity index (χ2n) is 8.67. The molecular formula is C28H30ClN3O3. The number of aryl methyl sites for hydroxylation is 1. The van der Waals surface area contributed by atoms with Crippen molar-refractivity contribution in [3.63, 3.8) is 0 Å². The van der Waals surface area contributed by atoms with Crippen molar-refractivity contribution in [1.29, 1.82) is 0 Å². The lowest BCUT2D eigenvalue weighted by Crippen LogP contribution is -2.50. The Balaban J connectivity index is 1.23. The van der Waals surface area contributed by atoms with Gasteiger partial charge in [0, 0.05) is 54.6 Å². The smallest absolute Gasteiger partial charge is 0.256 e. The number of aliphatic hydroxyl groups excluding tert-OH is 1. The summed E-state index contributed by atoms with van der Waals surface area (Å²) < 4.78 is 0. The van der Waals surface area contributed by atoms with Gasteiger partial charge in [-0.3, -0.25) is 9.59 Å². The van der Waals surface area contributed by atoms with Gasteiger partial charge in [-0.1, -0.05) is 60.1 Å². The maximum Gasteiger partial charge on any atom is 0.256 e. The maximum absolute atomic E-state index is 12.8. The zero-order valence-corrected chi connectivity index (χ0v) is 20.3. The molecular weight excluding hydrogens is 462 g/mol. The molecule has 0 saturated carbocycles. The predicted octanol–water partition coefficient (Wildman–Crippen LogP) is 4.68. The molecule has 0 bridgehead atoms. The van der Waals surface area contributed by atoms with Gasteiger partial charge in [-0.15, -0.1) is 0 Å².